The first kappa shape index (κ1) is 14.3. The van der Waals surface area contributed by atoms with Crippen LogP contribution in [0, 0.1) is 0 Å². The summed E-state index contributed by atoms with van der Waals surface area (Å²) in [6, 6.07) is 8.07. The summed E-state index contributed by atoms with van der Waals surface area (Å²) in [6.07, 6.45) is 5.08. The van der Waals surface area contributed by atoms with Gasteiger partial charge in [0.05, 0.1) is 11.8 Å². The zero-order valence-electron chi connectivity index (χ0n) is 11.3. The molecule has 19 heavy (non-hydrogen) atoms. The zero-order chi connectivity index (χ0) is 13.9. The van der Waals surface area contributed by atoms with E-state index in [-0.39, 0.29) is 0 Å². The lowest BCUT2D eigenvalue weighted by Gasteiger charge is -2.22. The van der Waals surface area contributed by atoms with Crippen molar-refractivity contribution in [2.45, 2.75) is 38.8 Å². The van der Waals surface area contributed by atoms with E-state index in [9.17, 15) is 5.11 Å². The van der Waals surface area contributed by atoms with Crippen LogP contribution in [0.15, 0.2) is 41.1 Å². The summed E-state index contributed by atoms with van der Waals surface area (Å²) in [4.78, 5) is 0. The second-order valence-corrected chi connectivity index (χ2v) is 6.10. The van der Waals surface area contributed by atoms with Crippen LogP contribution in [-0.4, -0.2) is 20.5 Å². The molecule has 0 aliphatic rings. The minimum atomic E-state index is -0.755. The lowest BCUT2D eigenvalue weighted by atomic mass is 9.91. The molecule has 0 aliphatic heterocycles. The molecule has 1 aromatic heterocycles. The molecule has 4 heteroatoms. The van der Waals surface area contributed by atoms with Crippen molar-refractivity contribution in [2.24, 2.45) is 0 Å². The predicted molar refractivity (Wildman–Crippen MR) is 80.1 cm³/mol. The second-order valence-electron chi connectivity index (χ2n) is 5.18. The van der Waals surface area contributed by atoms with Gasteiger partial charge in [0.1, 0.15) is 0 Å². The highest BCUT2D eigenvalue weighted by molar-refractivity contribution is 9.10. The summed E-state index contributed by atoms with van der Waals surface area (Å²) in [5.74, 6) is 0. The standard InChI is InChI=1S/C15H19BrN2O/c1-3-18-11-13(10-17-18)9-15(2,19)8-12-4-6-14(16)7-5-12/h4-7,10-11,19H,3,8-9H2,1-2H3. The molecule has 1 N–H and O–H groups in total. The van der Waals surface area contributed by atoms with E-state index in [0.29, 0.717) is 12.8 Å². The Morgan fingerprint density at radius 1 is 1.21 bits per heavy atom. The first-order valence-electron chi connectivity index (χ1n) is 6.47. The maximum Gasteiger partial charge on any atom is 0.0701 e. The molecular weight excluding hydrogens is 304 g/mol. The van der Waals surface area contributed by atoms with Crippen molar-refractivity contribution in [3.63, 3.8) is 0 Å². The van der Waals surface area contributed by atoms with Crippen molar-refractivity contribution in [1.82, 2.24) is 9.78 Å². The van der Waals surface area contributed by atoms with Crippen molar-refractivity contribution >= 4 is 15.9 Å². The molecule has 102 valence electrons. The van der Waals surface area contributed by atoms with Gasteiger partial charge < -0.3 is 5.11 Å². The molecular formula is C15H19BrN2O. The lowest BCUT2D eigenvalue weighted by molar-refractivity contribution is 0.0608. The quantitative estimate of drug-likeness (QED) is 0.918. The summed E-state index contributed by atoms with van der Waals surface area (Å²) < 4.78 is 2.94. The molecule has 0 fully saturated rings. The molecule has 0 saturated carbocycles. The van der Waals surface area contributed by atoms with E-state index in [0.717, 1.165) is 22.1 Å². The summed E-state index contributed by atoms with van der Waals surface area (Å²) >= 11 is 3.42. The van der Waals surface area contributed by atoms with Gasteiger partial charge in [-0.25, -0.2) is 0 Å². The van der Waals surface area contributed by atoms with E-state index in [4.69, 9.17) is 0 Å². The number of rotatable bonds is 5. The molecule has 1 heterocycles. The molecule has 1 atom stereocenters. The number of benzene rings is 1. The fourth-order valence-electron chi connectivity index (χ4n) is 2.21. The maximum absolute atomic E-state index is 10.5. The zero-order valence-corrected chi connectivity index (χ0v) is 12.9. The Morgan fingerprint density at radius 3 is 2.42 bits per heavy atom. The molecule has 0 radical (unpaired) electrons. The molecule has 1 unspecified atom stereocenters. The molecule has 0 bridgehead atoms. The molecule has 0 amide bonds. The smallest absolute Gasteiger partial charge is 0.0701 e. The molecule has 3 nitrogen and oxygen atoms in total. The van der Waals surface area contributed by atoms with E-state index in [2.05, 4.69) is 28.0 Å². The third kappa shape index (κ3) is 4.18. The van der Waals surface area contributed by atoms with Crippen molar-refractivity contribution in [3.8, 4) is 0 Å². The first-order chi connectivity index (χ1) is 8.98. The second kappa shape index (κ2) is 5.88. The Balaban J connectivity index is 2.03. The van der Waals surface area contributed by atoms with Crippen molar-refractivity contribution in [2.75, 3.05) is 0 Å². The normalized spacial score (nSPS) is 14.3. The van der Waals surface area contributed by atoms with E-state index in [1.165, 1.54) is 0 Å². The van der Waals surface area contributed by atoms with Crippen LogP contribution in [0.25, 0.3) is 0 Å². The van der Waals surface area contributed by atoms with E-state index in [1.54, 1.807) is 0 Å². The molecule has 0 saturated heterocycles. The van der Waals surface area contributed by atoms with Gasteiger partial charge in [0.2, 0.25) is 0 Å². The van der Waals surface area contributed by atoms with Crippen LogP contribution in [0.3, 0.4) is 0 Å². The third-order valence-electron chi connectivity index (χ3n) is 3.09. The number of halogens is 1. The van der Waals surface area contributed by atoms with Crippen LogP contribution in [0.1, 0.15) is 25.0 Å². The highest BCUT2D eigenvalue weighted by Crippen LogP contribution is 2.20. The van der Waals surface area contributed by atoms with Gasteiger partial charge >= 0.3 is 0 Å². The highest BCUT2D eigenvalue weighted by atomic mass is 79.9. The Labute approximate surface area is 122 Å². The Morgan fingerprint density at radius 2 is 1.84 bits per heavy atom. The number of nitrogens with zero attached hydrogens (tertiary/aromatic N) is 2. The molecule has 0 aliphatic carbocycles. The Bertz CT molecular complexity index is 531. The van der Waals surface area contributed by atoms with E-state index >= 15 is 0 Å². The number of hydrogen-bond acceptors (Lipinski definition) is 2. The fraction of sp³-hybridized carbons (Fsp3) is 0.400. The van der Waals surface area contributed by atoms with Crippen molar-refractivity contribution in [3.05, 3.63) is 52.3 Å². The van der Waals surface area contributed by atoms with Crippen LogP contribution in [0.2, 0.25) is 0 Å². The highest BCUT2D eigenvalue weighted by Gasteiger charge is 2.22. The summed E-state index contributed by atoms with van der Waals surface area (Å²) in [6.45, 7) is 4.78. The monoisotopic (exact) mass is 322 g/mol. The molecule has 1 aromatic carbocycles. The van der Waals surface area contributed by atoms with Crippen molar-refractivity contribution < 1.29 is 5.11 Å². The van der Waals surface area contributed by atoms with Gasteiger partial charge in [0, 0.05) is 30.1 Å². The summed E-state index contributed by atoms with van der Waals surface area (Å²) in [5, 5.41) is 14.8. The average molecular weight is 323 g/mol. The molecule has 0 spiro atoms. The van der Waals surface area contributed by atoms with Gasteiger partial charge in [-0.2, -0.15) is 5.10 Å². The topological polar surface area (TPSA) is 38.0 Å². The van der Waals surface area contributed by atoms with Crippen molar-refractivity contribution in [1.29, 1.82) is 0 Å². The van der Waals surface area contributed by atoms with E-state index in [1.807, 2.05) is 48.3 Å². The van der Waals surface area contributed by atoms with E-state index < -0.39 is 5.60 Å². The molecule has 2 rings (SSSR count). The summed E-state index contributed by atoms with van der Waals surface area (Å²) in [7, 11) is 0. The number of aliphatic hydroxyl groups is 1. The lowest BCUT2D eigenvalue weighted by Crippen LogP contribution is -2.29. The minimum Gasteiger partial charge on any atom is -0.389 e. The van der Waals surface area contributed by atoms with Gasteiger partial charge in [-0.1, -0.05) is 28.1 Å². The maximum atomic E-state index is 10.5. The van der Waals surface area contributed by atoms with Crippen LogP contribution in [0.4, 0.5) is 0 Å². The number of hydrogen-bond donors (Lipinski definition) is 1. The summed E-state index contributed by atoms with van der Waals surface area (Å²) in [5.41, 5.74) is 1.45. The van der Waals surface area contributed by atoms with Gasteiger partial charge in [-0.3, -0.25) is 4.68 Å². The van der Waals surface area contributed by atoms with Gasteiger partial charge in [-0.05, 0) is 37.1 Å². The number of aryl methyl sites for hydroxylation is 1. The molecule has 2 aromatic rings. The first-order valence-corrected chi connectivity index (χ1v) is 7.26. The van der Waals surface area contributed by atoms with Crippen LogP contribution >= 0.6 is 15.9 Å². The number of aromatic nitrogens is 2. The Hall–Kier alpha value is -1.13. The van der Waals surface area contributed by atoms with Crippen LogP contribution < -0.4 is 0 Å². The van der Waals surface area contributed by atoms with Crippen LogP contribution in [0.5, 0.6) is 0 Å². The Kier molecular flexibility index (Phi) is 4.42. The van der Waals surface area contributed by atoms with Gasteiger partial charge in [-0.15, -0.1) is 0 Å². The third-order valence-corrected chi connectivity index (χ3v) is 3.62. The predicted octanol–water partition coefficient (Wildman–Crippen LogP) is 3.20. The SMILES string of the molecule is CCn1cc(CC(C)(O)Cc2ccc(Br)cc2)cn1. The van der Waals surface area contributed by atoms with Crippen LogP contribution in [-0.2, 0) is 19.4 Å². The average Bonchev–Trinajstić information content (AvgIpc) is 2.78. The largest absolute Gasteiger partial charge is 0.389 e. The van der Waals surface area contributed by atoms with Gasteiger partial charge in [0.25, 0.3) is 0 Å². The minimum absolute atomic E-state index is 0.614. The fourth-order valence-corrected chi connectivity index (χ4v) is 2.48. The van der Waals surface area contributed by atoms with Gasteiger partial charge in [0.15, 0.2) is 0 Å².